The maximum Gasteiger partial charge on any atom is 0.299 e. The van der Waals surface area contributed by atoms with Gasteiger partial charge in [-0.15, -0.1) is 0 Å². The lowest BCUT2D eigenvalue weighted by Crippen LogP contribution is -2.17. The van der Waals surface area contributed by atoms with E-state index in [0.717, 1.165) is 30.8 Å². The predicted octanol–water partition coefficient (Wildman–Crippen LogP) is 1.15. The Morgan fingerprint density at radius 3 is 2.76 bits per heavy atom. The molecule has 8 nitrogen and oxygen atoms in total. The standard InChI is InChI=1S/C13H16N6O2/c1-7-6-8(2)16-13(15-7)18-11(20)10-17-12(21-19-10)9-4-3-5-14-9/h6,9,14H,3-5H2,1-2H3,(H,15,16,18,20). The Kier molecular flexibility index (Phi) is 3.61. The lowest BCUT2D eigenvalue weighted by molar-refractivity contribution is 0.101. The molecule has 2 N–H and O–H groups in total. The molecule has 3 rings (SSSR count). The smallest absolute Gasteiger partial charge is 0.299 e. The first-order chi connectivity index (χ1) is 10.1. The molecule has 1 atom stereocenters. The van der Waals surface area contributed by atoms with E-state index < -0.39 is 5.91 Å². The summed E-state index contributed by atoms with van der Waals surface area (Å²) in [5.41, 5.74) is 1.56. The average molecular weight is 288 g/mol. The number of aromatic nitrogens is 4. The second-order valence-electron chi connectivity index (χ2n) is 5.03. The van der Waals surface area contributed by atoms with Crippen molar-refractivity contribution in [2.24, 2.45) is 0 Å². The van der Waals surface area contributed by atoms with E-state index in [1.807, 2.05) is 19.9 Å². The molecule has 1 fully saturated rings. The summed E-state index contributed by atoms with van der Waals surface area (Å²) in [5, 5.41) is 9.52. The van der Waals surface area contributed by atoms with Crippen LogP contribution in [0.25, 0.3) is 0 Å². The number of hydrogen-bond acceptors (Lipinski definition) is 7. The first-order valence-corrected chi connectivity index (χ1v) is 6.82. The van der Waals surface area contributed by atoms with Gasteiger partial charge < -0.3 is 9.84 Å². The van der Waals surface area contributed by atoms with Gasteiger partial charge in [0.1, 0.15) is 0 Å². The van der Waals surface area contributed by atoms with Crippen molar-refractivity contribution in [1.29, 1.82) is 0 Å². The summed E-state index contributed by atoms with van der Waals surface area (Å²) in [7, 11) is 0. The van der Waals surface area contributed by atoms with Crippen LogP contribution in [0.1, 0.15) is 46.8 Å². The van der Waals surface area contributed by atoms with Crippen LogP contribution in [-0.2, 0) is 0 Å². The van der Waals surface area contributed by atoms with Crippen molar-refractivity contribution in [2.45, 2.75) is 32.7 Å². The van der Waals surface area contributed by atoms with E-state index in [2.05, 4.69) is 30.7 Å². The zero-order valence-corrected chi connectivity index (χ0v) is 11.9. The summed E-state index contributed by atoms with van der Waals surface area (Å²) in [4.78, 5) is 24.5. The van der Waals surface area contributed by atoms with E-state index in [1.165, 1.54) is 0 Å². The number of nitrogens with one attached hydrogen (secondary N) is 2. The molecule has 1 aliphatic heterocycles. The number of amides is 1. The summed E-state index contributed by atoms with van der Waals surface area (Å²) >= 11 is 0. The van der Waals surface area contributed by atoms with Crippen molar-refractivity contribution >= 4 is 11.9 Å². The minimum atomic E-state index is -0.479. The van der Waals surface area contributed by atoms with E-state index in [4.69, 9.17) is 4.52 Å². The number of nitrogens with zero attached hydrogens (tertiary/aromatic N) is 4. The average Bonchev–Trinajstić information content (AvgIpc) is 3.09. The van der Waals surface area contributed by atoms with Gasteiger partial charge in [0.05, 0.1) is 6.04 Å². The third kappa shape index (κ3) is 3.05. The summed E-state index contributed by atoms with van der Waals surface area (Å²) in [6.07, 6.45) is 1.99. The zero-order chi connectivity index (χ0) is 14.8. The summed E-state index contributed by atoms with van der Waals surface area (Å²) in [6, 6.07) is 1.87. The van der Waals surface area contributed by atoms with Gasteiger partial charge in [-0.1, -0.05) is 5.16 Å². The van der Waals surface area contributed by atoms with E-state index in [1.54, 1.807) is 0 Å². The Balaban J connectivity index is 1.73. The highest BCUT2D eigenvalue weighted by Gasteiger charge is 2.24. The number of carbonyl (C=O) groups excluding carboxylic acids is 1. The number of carbonyl (C=O) groups is 1. The highest BCUT2D eigenvalue weighted by atomic mass is 16.5. The van der Waals surface area contributed by atoms with Crippen LogP contribution >= 0.6 is 0 Å². The molecule has 1 unspecified atom stereocenters. The lowest BCUT2D eigenvalue weighted by Gasteiger charge is -2.03. The molecule has 110 valence electrons. The van der Waals surface area contributed by atoms with Crippen molar-refractivity contribution < 1.29 is 9.32 Å². The number of rotatable bonds is 3. The maximum atomic E-state index is 12.1. The minimum absolute atomic E-state index is 0.0125. The van der Waals surface area contributed by atoms with Crippen molar-refractivity contribution in [2.75, 3.05) is 11.9 Å². The maximum absolute atomic E-state index is 12.1. The second kappa shape index (κ2) is 5.57. The van der Waals surface area contributed by atoms with Gasteiger partial charge in [-0.3, -0.25) is 10.1 Å². The molecule has 2 aromatic rings. The summed E-state index contributed by atoms with van der Waals surface area (Å²) < 4.78 is 5.13. The highest BCUT2D eigenvalue weighted by molar-refractivity contribution is 6.00. The van der Waals surface area contributed by atoms with Crippen LogP contribution in [0, 0.1) is 13.8 Å². The van der Waals surface area contributed by atoms with Gasteiger partial charge in [0.15, 0.2) is 0 Å². The van der Waals surface area contributed by atoms with Crippen LogP contribution in [0.15, 0.2) is 10.6 Å². The van der Waals surface area contributed by atoms with E-state index in [0.29, 0.717) is 5.89 Å². The first-order valence-electron chi connectivity index (χ1n) is 6.82. The second-order valence-corrected chi connectivity index (χ2v) is 5.03. The zero-order valence-electron chi connectivity index (χ0n) is 11.9. The van der Waals surface area contributed by atoms with Crippen LogP contribution in [0.3, 0.4) is 0 Å². The largest absolute Gasteiger partial charge is 0.337 e. The predicted molar refractivity (Wildman–Crippen MR) is 73.7 cm³/mol. The molecule has 0 radical (unpaired) electrons. The molecular formula is C13H16N6O2. The van der Waals surface area contributed by atoms with E-state index in [9.17, 15) is 4.79 Å². The topological polar surface area (TPSA) is 106 Å². The normalized spacial score (nSPS) is 17.9. The van der Waals surface area contributed by atoms with Gasteiger partial charge in [-0.2, -0.15) is 4.98 Å². The van der Waals surface area contributed by atoms with Gasteiger partial charge in [0, 0.05) is 11.4 Å². The van der Waals surface area contributed by atoms with Crippen LogP contribution in [0.5, 0.6) is 0 Å². The molecule has 1 amide bonds. The summed E-state index contributed by atoms with van der Waals surface area (Å²) in [5.74, 6) is 0.191. The Labute approximate surface area is 121 Å². The van der Waals surface area contributed by atoms with Crippen LogP contribution < -0.4 is 10.6 Å². The Morgan fingerprint density at radius 1 is 1.33 bits per heavy atom. The molecule has 2 aromatic heterocycles. The summed E-state index contributed by atoms with van der Waals surface area (Å²) in [6.45, 7) is 4.59. The molecule has 1 aliphatic rings. The van der Waals surface area contributed by atoms with Crippen molar-refractivity contribution in [1.82, 2.24) is 25.4 Å². The Morgan fingerprint density at radius 2 is 2.10 bits per heavy atom. The fourth-order valence-corrected chi connectivity index (χ4v) is 2.30. The van der Waals surface area contributed by atoms with Gasteiger partial charge in [0.25, 0.3) is 11.7 Å². The molecular weight excluding hydrogens is 272 g/mol. The number of hydrogen-bond donors (Lipinski definition) is 2. The molecule has 0 bridgehead atoms. The number of aryl methyl sites for hydroxylation is 2. The van der Waals surface area contributed by atoms with Gasteiger partial charge in [-0.25, -0.2) is 9.97 Å². The molecule has 8 heteroatoms. The highest BCUT2D eigenvalue weighted by Crippen LogP contribution is 2.21. The van der Waals surface area contributed by atoms with Gasteiger partial charge >= 0.3 is 0 Å². The molecule has 0 aliphatic carbocycles. The molecule has 21 heavy (non-hydrogen) atoms. The SMILES string of the molecule is Cc1cc(C)nc(NC(=O)c2noc(C3CCCN3)n2)n1. The minimum Gasteiger partial charge on any atom is -0.337 e. The van der Waals surface area contributed by atoms with Crippen LogP contribution in [0.4, 0.5) is 5.95 Å². The van der Waals surface area contributed by atoms with Gasteiger partial charge in [-0.05, 0) is 39.3 Å². The molecule has 0 spiro atoms. The Bertz CT molecular complexity index is 642. The van der Waals surface area contributed by atoms with Crippen molar-refractivity contribution in [3.05, 3.63) is 29.2 Å². The Hall–Kier alpha value is -2.35. The third-order valence-corrected chi connectivity index (χ3v) is 3.21. The number of anilines is 1. The molecule has 0 saturated carbocycles. The monoisotopic (exact) mass is 288 g/mol. The van der Waals surface area contributed by atoms with Crippen molar-refractivity contribution in [3.8, 4) is 0 Å². The lowest BCUT2D eigenvalue weighted by atomic mass is 10.2. The molecule has 3 heterocycles. The van der Waals surface area contributed by atoms with Gasteiger partial charge in [0.2, 0.25) is 11.8 Å². The van der Waals surface area contributed by atoms with E-state index in [-0.39, 0.29) is 17.8 Å². The fourth-order valence-electron chi connectivity index (χ4n) is 2.30. The fraction of sp³-hybridized carbons (Fsp3) is 0.462. The molecule has 1 saturated heterocycles. The first kappa shape index (κ1) is 13.6. The van der Waals surface area contributed by atoms with Crippen molar-refractivity contribution in [3.63, 3.8) is 0 Å². The van der Waals surface area contributed by atoms with Crippen LogP contribution in [0.2, 0.25) is 0 Å². The quantitative estimate of drug-likeness (QED) is 0.872. The third-order valence-electron chi connectivity index (χ3n) is 3.21. The molecule has 0 aromatic carbocycles. The van der Waals surface area contributed by atoms with E-state index >= 15 is 0 Å². The van der Waals surface area contributed by atoms with Crippen LogP contribution in [-0.4, -0.2) is 32.6 Å².